The molecule has 1 unspecified atom stereocenters. The first kappa shape index (κ1) is 14.3. The molecular weight excluding hydrogens is 303 g/mol. The maximum Gasteiger partial charge on any atom is 0.321 e. The maximum atomic E-state index is 11.4. The minimum Gasteiger partial charge on any atom is -0.480 e. The van der Waals surface area contributed by atoms with E-state index in [0.717, 1.165) is 4.90 Å². The lowest BCUT2D eigenvalue weighted by Gasteiger charge is -2.14. The molecule has 0 aromatic heterocycles. The zero-order chi connectivity index (χ0) is 13.8. The molecule has 1 N–H and O–H groups in total. The van der Waals surface area contributed by atoms with Crippen molar-refractivity contribution in [2.75, 3.05) is 0 Å². The van der Waals surface area contributed by atoms with Crippen LogP contribution in [0.15, 0.2) is 53.4 Å². The van der Waals surface area contributed by atoms with E-state index in [2.05, 4.69) is 0 Å². The SMILES string of the molecule is O=C(O)C(Sc1ccccc1)c1ccc(Cl)cc1Cl. The Bertz CT molecular complexity index is 587. The summed E-state index contributed by atoms with van der Waals surface area (Å²) in [6.07, 6.45) is 0. The summed E-state index contributed by atoms with van der Waals surface area (Å²) in [5, 5.41) is 9.46. The number of carboxylic acids is 1. The summed E-state index contributed by atoms with van der Waals surface area (Å²) in [6.45, 7) is 0. The van der Waals surface area contributed by atoms with E-state index >= 15 is 0 Å². The summed E-state index contributed by atoms with van der Waals surface area (Å²) >= 11 is 13.1. The number of aliphatic carboxylic acids is 1. The van der Waals surface area contributed by atoms with Crippen LogP contribution in [0.1, 0.15) is 10.8 Å². The third-order valence-corrected chi connectivity index (χ3v) is 4.26. The monoisotopic (exact) mass is 312 g/mol. The first-order valence-electron chi connectivity index (χ1n) is 5.47. The van der Waals surface area contributed by atoms with Crippen molar-refractivity contribution >= 4 is 40.9 Å². The fraction of sp³-hybridized carbons (Fsp3) is 0.0714. The lowest BCUT2D eigenvalue weighted by atomic mass is 10.1. The van der Waals surface area contributed by atoms with Crippen LogP contribution in [0.2, 0.25) is 10.0 Å². The molecule has 1 atom stereocenters. The Morgan fingerprint density at radius 3 is 2.37 bits per heavy atom. The molecule has 0 amide bonds. The molecule has 98 valence electrons. The van der Waals surface area contributed by atoms with Gasteiger partial charge in [-0.25, -0.2) is 0 Å². The van der Waals surface area contributed by atoms with Gasteiger partial charge in [-0.15, -0.1) is 11.8 Å². The predicted molar refractivity (Wildman–Crippen MR) is 79.1 cm³/mol. The predicted octanol–water partition coefficient (Wildman–Crippen LogP) is 4.91. The van der Waals surface area contributed by atoms with E-state index in [9.17, 15) is 9.90 Å². The first-order chi connectivity index (χ1) is 9.08. The van der Waals surface area contributed by atoms with Gasteiger partial charge in [-0.1, -0.05) is 47.5 Å². The maximum absolute atomic E-state index is 11.4. The number of halogens is 2. The molecule has 0 heterocycles. The highest BCUT2D eigenvalue weighted by atomic mass is 35.5. The molecule has 2 rings (SSSR count). The lowest BCUT2D eigenvalue weighted by molar-refractivity contribution is -0.136. The summed E-state index contributed by atoms with van der Waals surface area (Å²) in [7, 11) is 0. The fourth-order valence-electron chi connectivity index (χ4n) is 1.60. The Hall–Kier alpha value is -1.16. The molecule has 0 spiro atoms. The van der Waals surface area contributed by atoms with Crippen molar-refractivity contribution in [2.24, 2.45) is 0 Å². The van der Waals surface area contributed by atoms with Gasteiger partial charge in [0.15, 0.2) is 0 Å². The molecule has 0 bridgehead atoms. The second kappa shape index (κ2) is 6.33. The standard InChI is InChI=1S/C14H10Cl2O2S/c15-9-6-7-11(12(16)8-9)13(14(17)18)19-10-4-2-1-3-5-10/h1-8,13H,(H,17,18). The van der Waals surface area contributed by atoms with Gasteiger partial charge in [0, 0.05) is 14.9 Å². The van der Waals surface area contributed by atoms with Crippen LogP contribution in [-0.2, 0) is 4.79 Å². The van der Waals surface area contributed by atoms with Gasteiger partial charge in [0.1, 0.15) is 5.25 Å². The summed E-state index contributed by atoms with van der Waals surface area (Å²) in [5.41, 5.74) is 0.549. The van der Waals surface area contributed by atoms with Gasteiger partial charge in [0.05, 0.1) is 0 Å². The molecule has 2 aromatic rings. The molecule has 2 nitrogen and oxygen atoms in total. The number of carboxylic acid groups (broad SMARTS) is 1. The normalized spacial score (nSPS) is 12.1. The van der Waals surface area contributed by atoms with Crippen LogP contribution in [-0.4, -0.2) is 11.1 Å². The Balaban J connectivity index is 2.33. The average molecular weight is 313 g/mol. The number of hydrogen-bond acceptors (Lipinski definition) is 2. The highest BCUT2D eigenvalue weighted by Gasteiger charge is 2.23. The smallest absolute Gasteiger partial charge is 0.321 e. The van der Waals surface area contributed by atoms with Gasteiger partial charge in [-0.2, -0.15) is 0 Å². The summed E-state index contributed by atoms with van der Waals surface area (Å²) in [6, 6.07) is 14.2. The number of thioether (sulfide) groups is 1. The van der Waals surface area contributed by atoms with Crippen molar-refractivity contribution in [2.45, 2.75) is 10.1 Å². The van der Waals surface area contributed by atoms with E-state index in [1.54, 1.807) is 18.2 Å². The minimum absolute atomic E-state index is 0.364. The van der Waals surface area contributed by atoms with E-state index < -0.39 is 11.2 Å². The van der Waals surface area contributed by atoms with Crippen molar-refractivity contribution in [1.29, 1.82) is 0 Å². The molecule has 0 aliphatic carbocycles. The molecule has 0 fully saturated rings. The van der Waals surface area contributed by atoms with Crippen LogP contribution in [0.5, 0.6) is 0 Å². The Morgan fingerprint density at radius 2 is 1.79 bits per heavy atom. The van der Waals surface area contributed by atoms with E-state index in [4.69, 9.17) is 23.2 Å². The van der Waals surface area contributed by atoms with Gasteiger partial charge < -0.3 is 5.11 Å². The van der Waals surface area contributed by atoms with Gasteiger partial charge in [-0.3, -0.25) is 4.79 Å². The summed E-state index contributed by atoms with van der Waals surface area (Å²) < 4.78 is 0. The fourth-order valence-corrected chi connectivity index (χ4v) is 3.20. The second-order valence-electron chi connectivity index (χ2n) is 3.82. The van der Waals surface area contributed by atoms with Crippen LogP contribution < -0.4 is 0 Å². The second-order valence-corrected chi connectivity index (χ2v) is 5.84. The lowest BCUT2D eigenvalue weighted by Crippen LogP contribution is -2.08. The largest absolute Gasteiger partial charge is 0.480 e. The number of carbonyl (C=O) groups is 1. The number of rotatable bonds is 4. The first-order valence-corrected chi connectivity index (χ1v) is 7.11. The van der Waals surface area contributed by atoms with Crippen LogP contribution in [0.25, 0.3) is 0 Å². The quantitative estimate of drug-likeness (QED) is 0.815. The number of benzene rings is 2. The van der Waals surface area contributed by atoms with Crippen molar-refractivity contribution in [3.8, 4) is 0 Å². The molecule has 0 aliphatic rings. The third kappa shape index (κ3) is 3.66. The van der Waals surface area contributed by atoms with E-state index in [1.807, 2.05) is 30.3 Å². The average Bonchev–Trinajstić information content (AvgIpc) is 2.38. The molecule has 0 saturated heterocycles. The molecular formula is C14H10Cl2O2S. The number of hydrogen-bond donors (Lipinski definition) is 1. The topological polar surface area (TPSA) is 37.3 Å². The van der Waals surface area contributed by atoms with Crippen molar-refractivity contribution in [1.82, 2.24) is 0 Å². The van der Waals surface area contributed by atoms with Crippen molar-refractivity contribution in [3.63, 3.8) is 0 Å². The Labute approximate surface area is 125 Å². The summed E-state index contributed by atoms with van der Waals surface area (Å²) in [5.74, 6) is -0.932. The van der Waals surface area contributed by atoms with Gasteiger partial charge >= 0.3 is 5.97 Å². The highest BCUT2D eigenvalue weighted by Crippen LogP contribution is 2.39. The highest BCUT2D eigenvalue weighted by molar-refractivity contribution is 8.00. The minimum atomic E-state index is -0.932. The van der Waals surface area contributed by atoms with E-state index in [-0.39, 0.29) is 0 Å². The molecule has 5 heteroatoms. The van der Waals surface area contributed by atoms with E-state index in [1.165, 1.54) is 11.8 Å². The Morgan fingerprint density at radius 1 is 1.11 bits per heavy atom. The van der Waals surface area contributed by atoms with Gasteiger partial charge in [0.25, 0.3) is 0 Å². The summed E-state index contributed by atoms with van der Waals surface area (Å²) in [4.78, 5) is 12.3. The van der Waals surface area contributed by atoms with Crippen LogP contribution >= 0.6 is 35.0 Å². The van der Waals surface area contributed by atoms with Crippen LogP contribution in [0.4, 0.5) is 0 Å². The molecule has 0 radical (unpaired) electrons. The van der Waals surface area contributed by atoms with Gasteiger partial charge in [-0.05, 0) is 29.8 Å². The van der Waals surface area contributed by atoms with Crippen LogP contribution in [0.3, 0.4) is 0 Å². The molecule has 19 heavy (non-hydrogen) atoms. The zero-order valence-electron chi connectivity index (χ0n) is 9.72. The van der Waals surface area contributed by atoms with Gasteiger partial charge in [0.2, 0.25) is 0 Å². The molecule has 0 aliphatic heterocycles. The third-order valence-electron chi connectivity index (χ3n) is 2.47. The van der Waals surface area contributed by atoms with Crippen molar-refractivity contribution in [3.05, 3.63) is 64.1 Å². The van der Waals surface area contributed by atoms with Crippen molar-refractivity contribution < 1.29 is 9.90 Å². The van der Waals surface area contributed by atoms with E-state index in [0.29, 0.717) is 15.6 Å². The Kier molecular flexibility index (Phi) is 4.75. The van der Waals surface area contributed by atoms with Crippen LogP contribution in [0, 0.1) is 0 Å². The zero-order valence-corrected chi connectivity index (χ0v) is 12.0. The molecule has 2 aromatic carbocycles. The molecule has 0 saturated carbocycles.